The van der Waals surface area contributed by atoms with Crippen LogP contribution in [0.1, 0.15) is 11.3 Å². The van der Waals surface area contributed by atoms with Crippen molar-refractivity contribution >= 4 is 26.8 Å². The Kier molecular flexibility index (Phi) is 2.79. The predicted molar refractivity (Wildman–Crippen MR) is 65.9 cm³/mol. The quantitative estimate of drug-likeness (QED) is 0.797. The fraction of sp³-hybridized carbons (Fsp3) is 0.250. The van der Waals surface area contributed by atoms with E-state index in [4.69, 9.17) is 6.57 Å². The molecule has 0 saturated carbocycles. The molecule has 2 nitrogen and oxygen atoms in total. The summed E-state index contributed by atoms with van der Waals surface area (Å²) in [5.74, 6) is 0. The van der Waals surface area contributed by atoms with Crippen molar-refractivity contribution in [3.05, 3.63) is 45.3 Å². The molecule has 0 aliphatic heterocycles. The second-order valence-electron chi connectivity index (χ2n) is 3.52. The van der Waals surface area contributed by atoms with Crippen LogP contribution >= 0.6 is 15.9 Å². The summed E-state index contributed by atoms with van der Waals surface area (Å²) in [5.41, 5.74) is 3.57. The van der Waals surface area contributed by atoms with Gasteiger partial charge in [-0.25, -0.2) is 6.57 Å². The van der Waals surface area contributed by atoms with Gasteiger partial charge in [0, 0.05) is 15.6 Å². The zero-order valence-corrected chi connectivity index (χ0v) is 10.1. The second kappa shape index (κ2) is 4.08. The van der Waals surface area contributed by atoms with Crippen molar-refractivity contribution in [1.82, 2.24) is 4.98 Å². The molecule has 0 amide bonds. The molecule has 15 heavy (non-hydrogen) atoms. The zero-order valence-electron chi connectivity index (χ0n) is 8.47. The molecule has 0 unspecified atom stereocenters. The highest BCUT2D eigenvalue weighted by Crippen LogP contribution is 2.27. The van der Waals surface area contributed by atoms with Gasteiger partial charge in [-0.1, -0.05) is 12.1 Å². The standard InChI is InChI=1S/C12H11BrN2/c1-8-9-4-3-5-10(13)12(9)15-11(8)6-7-14-2/h3-5,15H,6-7H2,1H3. The second-order valence-corrected chi connectivity index (χ2v) is 4.38. The highest BCUT2D eigenvalue weighted by molar-refractivity contribution is 9.10. The largest absolute Gasteiger partial charge is 0.357 e. The van der Waals surface area contributed by atoms with Crippen molar-refractivity contribution in [2.75, 3.05) is 6.54 Å². The number of H-pyrrole nitrogens is 1. The van der Waals surface area contributed by atoms with Gasteiger partial charge in [-0.2, -0.15) is 0 Å². The van der Waals surface area contributed by atoms with Gasteiger partial charge >= 0.3 is 0 Å². The van der Waals surface area contributed by atoms with Crippen LogP contribution < -0.4 is 0 Å². The van der Waals surface area contributed by atoms with Crippen LogP contribution in [0.25, 0.3) is 15.7 Å². The fourth-order valence-electron chi connectivity index (χ4n) is 1.79. The summed E-state index contributed by atoms with van der Waals surface area (Å²) in [6.45, 7) is 9.45. The number of aromatic nitrogens is 1. The van der Waals surface area contributed by atoms with Gasteiger partial charge in [0.05, 0.1) is 11.9 Å². The predicted octanol–water partition coefficient (Wildman–Crippen LogP) is 3.70. The van der Waals surface area contributed by atoms with Crippen LogP contribution in [-0.2, 0) is 6.42 Å². The number of hydrogen-bond donors (Lipinski definition) is 1. The number of aromatic amines is 1. The summed E-state index contributed by atoms with van der Waals surface area (Å²) in [4.78, 5) is 6.76. The van der Waals surface area contributed by atoms with Crippen molar-refractivity contribution in [1.29, 1.82) is 0 Å². The minimum atomic E-state index is 0.547. The molecule has 76 valence electrons. The summed E-state index contributed by atoms with van der Waals surface area (Å²) in [6, 6.07) is 6.16. The van der Waals surface area contributed by atoms with Gasteiger partial charge in [-0.05, 0) is 34.5 Å². The molecule has 0 spiro atoms. The Bertz CT molecular complexity index is 534. The van der Waals surface area contributed by atoms with Crippen LogP contribution in [0.5, 0.6) is 0 Å². The minimum absolute atomic E-state index is 0.547. The maximum Gasteiger partial charge on any atom is 0.220 e. The van der Waals surface area contributed by atoms with E-state index in [0.29, 0.717) is 6.54 Å². The Hall–Kier alpha value is -1.27. The number of aryl methyl sites for hydroxylation is 1. The normalized spacial score (nSPS) is 10.5. The molecule has 0 bridgehead atoms. The molecule has 1 aromatic heterocycles. The van der Waals surface area contributed by atoms with E-state index in [0.717, 1.165) is 16.4 Å². The summed E-state index contributed by atoms with van der Waals surface area (Å²) in [5, 5.41) is 1.24. The monoisotopic (exact) mass is 262 g/mol. The number of halogens is 1. The minimum Gasteiger partial charge on any atom is -0.357 e. The van der Waals surface area contributed by atoms with Crippen LogP contribution in [-0.4, -0.2) is 11.5 Å². The highest BCUT2D eigenvalue weighted by Gasteiger charge is 2.09. The van der Waals surface area contributed by atoms with Crippen LogP contribution in [0.15, 0.2) is 22.7 Å². The van der Waals surface area contributed by atoms with Crippen molar-refractivity contribution < 1.29 is 0 Å². The first-order chi connectivity index (χ1) is 7.24. The number of hydrogen-bond acceptors (Lipinski definition) is 0. The van der Waals surface area contributed by atoms with E-state index < -0.39 is 0 Å². The highest BCUT2D eigenvalue weighted by atomic mass is 79.9. The van der Waals surface area contributed by atoms with Gasteiger partial charge in [0.1, 0.15) is 0 Å². The molecule has 0 atom stereocenters. The Morgan fingerprint density at radius 3 is 2.93 bits per heavy atom. The molecule has 3 heteroatoms. The number of rotatable bonds is 2. The number of para-hydroxylation sites is 1. The lowest BCUT2D eigenvalue weighted by Gasteiger charge is -1.93. The number of nitrogens with zero attached hydrogens (tertiary/aromatic N) is 1. The maximum absolute atomic E-state index is 6.80. The zero-order chi connectivity index (χ0) is 10.8. The van der Waals surface area contributed by atoms with E-state index in [1.165, 1.54) is 16.6 Å². The number of benzene rings is 1. The van der Waals surface area contributed by atoms with Gasteiger partial charge in [-0.15, -0.1) is 0 Å². The number of nitrogens with one attached hydrogen (secondary N) is 1. The summed E-state index contributed by atoms with van der Waals surface area (Å²) in [6.07, 6.45) is 0.802. The summed E-state index contributed by atoms with van der Waals surface area (Å²) < 4.78 is 1.08. The molecular weight excluding hydrogens is 252 g/mol. The Morgan fingerprint density at radius 2 is 2.27 bits per heavy atom. The SMILES string of the molecule is [C-]#[N+]CCc1[nH]c2c(Br)cccc2c1C. The summed E-state index contributed by atoms with van der Waals surface area (Å²) >= 11 is 3.52. The number of fused-ring (bicyclic) bond motifs is 1. The van der Waals surface area contributed by atoms with Crippen molar-refractivity contribution in [2.24, 2.45) is 0 Å². The van der Waals surface area contributed by atoms with Crippen LogP contribution in [0, 0.1) is 13.5 Å². The molecule has 0 aliphatic carbocycles. The molecule has 0 radical (unpaired) electrons. The van der Waals surface area contributed by atoms with E-state index in [1.807, 2.05) is 12.1 Å². The van der Waals surface area contributed by atoms with Gasteiger partial charge in [0.2, 0.25) is 6.54 Å². The lowest BCUT2D eigenvalue weighted by molar-refractivity contribution is 1.01. The smallest absolute Gasteiger partial charge is 0.220 e. The van der Waals surface area contributed by atoms with Gasteiger partial charge < -0.3 is 9.83 Å². The van der Waals surface area contributed by atoms with E-state index in [1.54, 1.807) is 0 Å². The Labute approximate surface area is 97.3 Å². The van der Waals surface area contributed by atoms with E-state index in [-0.39, 0.29) is 0 Å². The first-order valence-electron chi connectivity index (χ1n) is 4.83. The third-order valence-corrected chi connectivity index (χ3v) is 3.28. The lowest BCUT2D eigenvalue weighted by atomic mass is 10.1. The molecule has 1 aromatic carbocycles. The van der Waals surface area contributed by atoms with E-state index >= 15 is 0 Å². The average molecular weight is 263 g/mol. The van der Waals surface area contributed by atoms with E-state index in [2.05, 4.69) is 38.7 Å². The molecule has 0 saturated heterocycles. The van der Waals surface area contributed by atoms with Gasteiger partial charge in [0.15, 0.2) is 0 Å². The molecule has 0 fully saturated rings. The molecular formula is C12H11BrN2. The van der Waals surface area contributed by atoms with Gasteiger partial charge in [0.25, 0.3) is 0 Å². The van der Waals surface area contributed by atoms with E-state index in [9.17, 15) is 0 Å². The average Bonchev–Trinajstić information content (AvgIpc) is 2.55. The molecule has 2 aromatic rings. The third-order valence-electron chi connectivity index (χ3n) is 2.62. The van der Waals surface area contributed by atoms with Crippen LogP contribution in [0.2, 0.25) is 0 Å². The lowest BCUT2D eigenvalue weighted by Crippen LogP contribution is -1.89. The molecule has 1 heterocycles. The molecule has 0 aliphatic rings. The third kappa shape index (κ3) is 1.78. The van der Waals surface area contributed by atoms with Crippen molar-refractivity contribution in [2.45, 2.75) is 13.3 Å². The Morgan fingerprint density at radius 1 is 1.47 bits per heavy atom. The van der Waals surface area contributed by atoms with Crippen LogP contribution in [0.4, 0.5) is 0 Å². The maximum atomic E-state index is 6.80. The van der Waals surface area contributed by atoms with Crippen molar-refractivity contribution in [3.63, 3.8) is 0 Å². The summed E-state index contributed by atoms with van der Waals surface area (Å²) in [7, 11) is 0. The topological polar surface area (TPSA) is 20.1 Å². The molecule has 2 rings (SSSR count). The first kappa shape index (κ1) is 10.3. The van der Waals surface area contributed by atoms with Crippen LogP contribution in [0.3, 0.4) is 0 Å². The first-order valence-corrected chi connectivity index (χ1v) is 5.62. The molecule has 1 N–H and O–H groups in total. The van der Waals surface area contributed by atoms with Gasteiger partial charge in [-0.3, -0.25) is 0 Å². The fourth-order valence-corrected chi connectivity index (χ4v) is 2.25. The Balaban J connectivity index is 2.55. The van der Waals surface area contributed by atoms with Crippen molar-refractivity contribution in [3.8, 4) is 0 Å².